The predicted molar refractivity (Wildman–Crippen MR) is 89.9 cm³/mol. The monoisotopic (exact) mass is 345 g/mol. The summed E-state index contributed by atoms with van der Waals surface area (Å²) in [5, 5.41) is 3.55. The lowest BCUT2D eigenvalue weighted by Crippen LogP contribution is -2.15. The largest absolute Gasteiger partial charge is 0.457 e. The average Bonchev–Trinajstić information content (AvgIpc) is 3.31. The molecule has 110 valence electrons. The highest BCUT2D eigenvalue weighted by atomic mass is 79.9. The van der Waals surface area contributed by atoms with Gasteiger partial charge in [-0.25, -0.2) is 0 Å². The maximum atomic E-state index is 6.20. The molecule has 0 radical (unpaired) electrons. The molecule has 0 atom stereocenters. The van der Waals surface area contributed by atoms with Gasteiger partial charge < -0.3 is 10.1 Å². The van der Waals surface area contributed by atoms with Crippen LogP contribution in [0.25, 0.3) is 0 Å². The lowest BCUT2D eigenvalue weighted by molar-refractivity contribution is 0.467. The SMILES string of the molecule is CCc1ccccc1Oc1cc(Br)ccc1CNC1CC1. The smallest absolute Gasteiger partial charge is 0.133 e. The van der Waals surface area contributed by atoms with Gasteiger partial charge >= 0.3 is 0 Å². The zero-order valence-corrected chi connectivity index (χ0v) is 13.8. The van der Waals surface area contributed by atoms with Gasteiger partial charge in [0.1, 0.15) is 11.5 Å². The molecule has 21 heavy (non-hydrogen) atoms. The third-order valence-corrected chi connectivity index (χ3v) is 4.25. The Morgan fingerprint density at radius 1 is 1.10 bits per heavy atom. The van der Waals surface area contributed by atoms with Crippen molar-refractivity contribution in [2.24, 2.45) is 0 Å². The van der Waals surface area contributed by atoms with Gasteiger partial charge in [-0.15, -0.1) is 0 Å². The van der Waals surface area contributed by atoms with E-state index in [2.05, 4.69) is 58.5 Å². The minimum Gasteiger partial charge on any atom is -0.457 e. The summed E-state index contributed by atoms with van der Waals surface area (Å²) >= 11 is 3.54. The van der Waals surface area contributed by atoms with E-state index in [9.17, 15) is 0 Å². The van der Waals surface area contributed by atoms with Crippen molar-refractivity contribution in [3.63, 3.8) is 0 Å². The summed E-state index contributed by atoms with van der Waals surface area (Å²) in [6.45, 7) is 3.01. The molecule has 0 unspecified atom stereocenters. The van der Waals surface area contributed by atoms with E-state index in [4.69, 9.17) is 4.74 Å². The first kappa shape index (κ1) is 14.6. The molecule has 0 heterocycles. The molecule has 0 aromatic heterocycles. The number of hydrogen-bond acceptors (Lipinski definition) is 2. The molecular weight excluding hydrogens is 326 g/mol. The van der Waals surface area contributed by atoms with E-state index in [1.807, 2.05) is 12.1 Å². The molecule has 2 aromatic carbocycles. The Kier molecular flexibility index (Phi) is 4.61. The number of nitrogens with one attached hydrogen (secondary N) is 1. The number of hydrogen-bond donors (Lipinski definition) is 1. The van der Waals surface area contributed by atoms with Crippen LogP contribution < -0.4 is 10.1 Å². The number of benzene rings is 2. The summed E-state index contributed by atoms with van der Waals surface area (Å²) in [6.07, 6.45) is 3.57. The minimum atomic E-state index is 0.699. The summed E-state index contributed by atoms with van der Waals surface area (Å²) in [5.74, 6) is 1.88. The fourth-order valence-corrected chi connectivity index (χ4v) is 2.67. The van der Waals surface area contributed by atoms with Gasteiger partial charge in [-0.05, 0) is 43.0 Å². The second kappa shape index (κ2) is 6.63. The van der Waals surface area contributed by atoms with E-state index in [0.29, 0.717) is 6.04 Å². The lowest BCUT2D eigenvalue weighted by Gasteiger charge is -2.14. The van der Waals surface area contributed by atoms with Crippen molar-refractivity contribution in [1.82, 2.24) is 5.32 Å². The van der Waals surface area contributed by atoms with Gasteiger partial charge in [0.2, 0.25) is 0 Å². The van der Waals surface area contributed by atoms with Crippen molar-refractivity contribution in [2.75, 3.05) is 0 Å². The molecule has 0 amide bonds. The Morgan fingerprint density at radius 3 is 2.67 bits per heavy atom. The molecule has 3 rings (SSSR count). The van der Waals surface area contributed by atoms with Crippen molar-refractivity contribution in [3.05, 3.63) is 58.1 Å². The van der Waals surface area contributed by atoms with Gasteiger partial charge in [-0.3, -0.25) is 0 Å². The zero-order valence-electron chi connectivity index (χ0n) is 12.2. The first-order valence-electron chi connectivity index (χ1n) is 7.54. The van der Waals surface area contributed by atoms with E-state index >= 15 is 0 Å². The minimum absolute atomic E-state index is 0.699. The van der Waals surface area contributed by atoms with Crippen molar-refractivity contribution in [2.45, 2.75) is 38.8 Å². The van der Waals surface area contributed by atoms with E-state index in [-0.39, 0.29) is 0 Å². The third kappa shape index (κ3) is 3.86. The van der Waals surface area contributed by atoms with Crippen LogP contribution in [0.3, 0.4) is 0 Å². The number of rotatable bonds is 6. The molecule has 3 heteroatoms. The molecule has 1 aliphatic carbocycles. The van der Waals surface area contributed by atoms with Crippen LogP contribution in [0.2, 0.25) is 0 Å². The quantitative estimate of drug-likeness (QED) is 0.790. The Balaban J connectivity index is 1.83. The van der Waals surface area contributed by atoms with Crippen molar-refractivity contribution in [3.8, 4) is 11.5 Å². The average molecular weight is 346 g/mol. The number of halogens is 1. The summed E-state index contributed by atoms with van der Waals surface area (Å²) in [4.78, 5) is 0. The maximum absolute atomic E-state index is 6.20. The molecule has 0 saturated heterocycles. The van der Waals surface area contributed by atoms with Gasteiger partial charge in [0.05, 0.1) is 0 Å². The van der Waals surface area contributed by atoms with Gasteiger partial charge in [0, 0.05) is 22.6 Å². The number of ether oxygens (including phenoxy) is 1. The van der Waals surface area contributed by atoms with Gasteiger partial charge in [-0.1, -0.05) is 47.1 Å². The van der Waals surface area contributed by atoms with Crippen LogP contribution in [0.5, 0.6) is 11.5 Å². The number of aryl methyl sites for hydroxylation is 1. The second-order valence-corrected chi connectivity index (χ2v) is 6.39. The van der Waals surface area contributed by atoms with Crippen LogP contribution in [0.1, 0.15) is 30.9 Å². The molecule has 0 bridgehead atoms. The van der Waals surface area contributed by atoms with Crippen molar-refractivity contribution < 1.29 is 4.74 Å². The lowest BCUT2D eigenvalue weighted by atomic mass is 10.1. The molecule has 2 aromatic rings. The number of para-hydroxylation sites is 1. The van der Waals surface area contributed by atoms with Crippen LogP contribution in [0, 0.1) is 0 Å². The first-order chi connectivity index (χ1) is 10.3. The Labute approximate surface area is 134 Å². The van der Waals surface area contributed by atoms with E-state index in [1.54, 1.807) is 0 Å². The highest BCUT2D eigenvalue weighted by molar-refractivity contribution is 9.10. The van der Waals surface area contributed by atoms with Crippen molar-refractivity contribution in [1.29, 1.82) is 0 Å². The summed E-state index contributed by atoms with van der Waals surface area (Å²) in [5.41, 5.74) is 2.44. The normalized spacial score (nSPS) is 14.2. The first-order valence-corrected chi connectivity index (χ1v) is 8.33. The standard InChI is InChI=1S/C18H20BrNO/c1-2-13-5-3-4-6-17(13)21-18-11-15(19)8-7-14(18)12-20-16-9-10-16/h3-8,11,16,20H,2,9-10,12H2,1H3. The zero-order chi connectivity index (χ0) is 14.7. The van der Waals surface area contributed by atoms with E-state index < -0.39 is 0 Å². The fourth-order valence-electron chi connectivity index (χ4n) is 2.33. The van der Waals surface area contributed by atoms with Crippen LogP contribution >= 0.6 is 15.9 Å². The van der Waals surface area contributed by atoms with Crippen LogP contribution in [0.4, 0.5) is 0 Å². The molecule has 1 fully saturated rings. The Morgan fingerprint density at radius 2 is 1.90 bits per heavy atom. The second-order valence-electron chi connectivity index (χ2n) is 5.47. The van der Waals surface area contributed by atoms with Crippen molar-refractivity contribution >= 4 is 15.9 Å². The Hall–Kier alpha value is -1.32. The molecule has 0 aliphatic heterocycles. The summed E-state index contributed by atoms with van der Waals surface area (Å²) < 4.78 is 7.24. The molecule has 0 spiro atoms. The van der Waals surface area contributed by atoms with Crippen LogP contribution in [-0.2, 0) is 13.0 Å². The predicted octanol–water partition coefficient (Wildman–Crippen LogP) is 5.06. The van der Waals surface area contributed by atoms with E-state index in [1.165, 1.54) is 24.0 Å². The molecular formula is C18H20BrNO. The van der Waals surface area contributed by atoms with Gasteiger partial charge in [0.15, 0.2) is 0 Å². The summed E-state index contributed by atoms with van der Waals surface area (Å²) in [6, 6.07) is 15.2. The Bertz CT molecular complexity index is 622. The molecule has 2 nitrogen and oxygen atoms in total. The van der Waals surface area contributed by atoms with Crippen LogP contribution in [-0.4, -0.2) is 6.04 Å². The van der Waals surface area contributed by atoms with E-state index in [0.717, 1.165) is 28.9 Å². The van der Waals surface area contributed by atoms with Gasteiger partial charge in [0.25, 0.3) is 0 Å². The maximum Gasteiger partial charge on any atom is 0.133 e. The van der Waals surface area contributed by atoms with Crippen LogP contribution in [0.15, 0.2) is 46.9 Å². The molecule has 1 saturated carbocycles. The highest BCUT2D eigenvalue weighted by Gasteiger charge is 2.20. The fraction of sp³-hybridized carbons (Fsp3) is 0.333. The highest BCUT2D eigenvalue weighted by Crippen LogP contribution is 2.31. The molecule has 1 aliphatic rings. The summed E-state index contributed by atoms with van der Waals surface area (Å²) in [7, 11) is 0. The topological polar surface area (TPSA) is 21.3 Å². The molecule has 1 N–H and O–H groups in total. The third-order valence-electron chi connectivity index (χ3n) is 3.76. The van der Waals surface area contributed by atoms with Gasteiger partial charge in [-0.2, -0.15) is 0 Å².